The van der Waals surface area contributed by atoms with Crippen molar-refractivity contribution in [2.75, 3.05) is 14.2 Å². The first-order valence-corrected chi connectivity index (χ1v) is 13.1. The van der Waals surface area contributed by atoms with E-state index in [9.17, 15) is 10.1 Å². The normalized spacial score (nSPS) is 11.1. The van der Waals surface area contributed by atoms with Crippen LogP contribution >= 0.6 is 11.6 Å². The van der Waals surface area contributed by atoms with E-state index in [-0.39, 0.29) is 5.75 Å². The predicted molar refractivity (Wildman–Crippen MR) is 161 cm³/mol. The zero-order chi connectivity index (χ0) is 29.2. The molecule has 0 spiro atoms. The number of halogens is 1. The molecule has 4 aromatic rings. The number of hydrogen-bond acceptors (Lipinski definition) is 6. The third-order valence-electron chi connectivity index (χ3n) is 6.23. The molecule has 41 heavy (non-hydrogen) atoms. The molecule has 4 aromatic carbocycles. The molecule has 0 aliphatic carbocycles. The van der Waals surface area contributed by atoms with Crippen molar-refractivity contribution in [3.63, 3.8) is 0 Å². The average molecular weight is 566 g/mol. The SMILES string of the molecule is COc1cc(/C=C/C(=O)Oc2ccc(/C=C(\C#N)c3ccc(Cl)cc3)cc2OC)ccc1OCc1ccccc1C. The third kappa shape index (κ3) is 7.78. The molecule has 4 rings (SSSR count). The molecule has 0 unspecified atom stereocenters. The molecule has 6 nitrogen and oxygen atoms in total. The first-order valence-electron chi connectivity index (χ1n) is 12.7. The number of ether oxygens (including phenoxy) is 4. The fourth-order valence-corrected chi connectivity index (χ4v) is 4.10. The van der Waals surface area contributed by atoms with E-state index in [1.807, 2.05) is 37.3 Å². The molecular weight excluding hydrogens is 538 g/mol. The van der Waals surface area contributed by atoms with Gasteiger partial charge in [0.1, 0.15) is 6.61 Å². The third-order valence-corrected chi connectivity index (χ3v) is 6.48. The maximum Gasteiger partial charge on any atom is 0.336 e. The summed E-state index contributed by atoms with van der Waals surface area (Å²) in [5.74, 6) is 1.18. The minimum Gasteiger partial charge on any atom is -0.493 e. The summed E-state index contributed by atoms with van der Waals surface area (Å²) in [7, 11) is 3.05. The Morgan fingerprint density at radius 2 is 1.51 bits per heavy atom. The van der Waals surface area contributed by atoms with Gasteiger partial charge in [0.2, 0.25) is 0 Å². The van der Waals surface area contributed by atoms with Gasteiger partial charge in [0, 0.05) is 11.1 Å². The van der Waals surface area contributed by atoms with Gasteiger partial charge in [0.15, 0.2) is 23.0 Å². The van der Waals surface area contributed by atoms with Crippen molar-refractivity contribution in [2.45, 2.75) is 13.5 Å². The molecule has 0 aromatic heterocycles. The Balaban J connectivity index is 1.43. The highest BCUT2D eigenvalue weighted by Gasteiger charge is 2.11. The van der Waals surface area contributed by atoms with E-state index in [4.69, 9.17) is 30.5 Å². The molecule has 7 heteroatoms. The van der Waals surface area contributed by atoms with Crippen molar-refractivity contribution in [3.05, 3.63) is 124 Å². The van der Waals surface area contributed by atoms with Crippen LogP contribution in [0, 0.1) is 18.3 Å². The monoisotopic (exact) mass is 565 g/mol. The molecule has 0 saturated carbocycles. The zero-order valence-corrected chi connectivity index (χ0v) is 23.6. The molecule has 0 bridgehead atoms. The van der Waals surface area contributed by atoms with Gasteiger partial charge in [-0.3, -0.25) is 0 Å². The number of carbonyl (C=O) groups is 1. The van der Waals surface area contributed by atoms with Crippen LogP contribution < -0.4 is 18.9 Å². The van der Waals surface area contributed by atoms with Crippen molar-refractivity contribution >= 4 is 35.3 Å². The van der Waals surface area contributed by atoms with Crippen molar-refractivity contribution in [1.29, 1.82) is 5.26 Å². The highest BCUT2D eigenvalue weighted by Crippen LogP contribution is 2.31. The summed E-state index contributed by atoms with van der Waals surface area (Å²) in [6.07, 6.45) is 4.67. The second-order valence-corrected chi connectivity index (χ2v) is 9.40. The Hall–Kier alpha value is -4.99. The first-order chi connectivity index (χ1) is 19.9. The molecule has 0 atom stereocenters. The van der Waals surface area contributed by atoms with Crippen LogP contribution in [0.1, 0.15) is 27.8 Å². The van der Waals surface area contributed by atoms with E-state index in [0.717, 1.165) is 22.3 Å². The summed E-state index contributed by atoms with van der Waals surface area (Å²) in [5, 5.41) is 10.2. The Morgan fingerprint density at radius 3 is 2.22 bits per heavy atom. The summed E-state index contributed by atoms with van der Waals surface area (Å²) in [6.45, 7) is 2.46. The molecule has 206 valence electrons. The van der Waals surface area contributed by atoms with Gasteiger partial charge in [0.05, 0.1) is 25.9 Å². The zero-order valence-electron chi connectivity index (χ0n) is 22.9. The second kappa shape index (κ2) is 13.9. The lowest BCUT2D eigenvalue weighted by atomic mass is 10.0. The number of aryl methyl sites for hydroxylation is 1. The van der Waals surface area contributed by atoms with Crippen LogP contribution in [0.3, 0.4) is 0 Å². The van der Waals surface area contributed by atoms with Gasteiger partial charge in [-0.05, 0) is 83.3 Å². The smallest absolute Gasteiger partial charge is 0.336 e. The fourth-order valence-electron chi connectivity index (χ4n) is 3.98. The number of methoxy groups -OCH3 is 2. The second-order valence-electron chi connectivity index (χ2n) is 8.97. The highest BCUT2D eigenvalue weighted by atomic mass is 35.5. The van der Waals surface area contributed by atoms with Crippen LogP contribution in [-0.4, -0.2) is 20.2 Å². The van der Waals surface area contributed by atoms with Crippen molar-refractivity contribution < 1.29 is 23.7 Å². The largest absolute Gasteiger partial charge is 0.493 e. The van der Waals surface area contributed by atoms with Gasteiger partial charge in [-0.25, -0.2) is 4.79 Å². The molecule has 0 aliphatic heterocycles. The number of hydrogen-bond donors (Lipinski definition) is 0. The number of carbonyl (C=O) groups excluding carboxylic acids is 1. The van der Waals surface area contributed by atoms with E-state index in [0.29, 0.717) is 40.0 Å². The highest BCUT2D eigenvalue weighted by molar-refractivity contribution is 6.30. The van der Waals surface area contributed by atoms with Crippen LogP contribution in [0.5, 0.6) is 23.0 Å². The van der Waals surface area contributed by atoms with Crippen LogP contribution in [0.4, 0.5) is 0 Å². The minimum atomic E-state index is -0.579. The predicted octanol–water partition coefficient (Wildman–Crippen LogP) is 7.93. The number of nitriles is 1. The van der Waals surface area contributed by atoms with E-state index < -0.39 is 5.97 Å². The lowest BCUT2D eigenvalue weighted by Gasteiger charge is -2.12. The van der Waals surface area contributed by atoms with Crippen LogP contribution in [0.2, 0.25) is 5.02 Å². The Labute approximate surface area is 244 Å². The number of esters is 1. The topological polar surface area (TPSA) is 77.8 Å². The van der Waals surface area contributed by atoms with Crippen molar-refractivity contribution in [2.24, 2.45) is 0 Å². The lowest BCUT2D eigenvalue weighted by molar-refractivity contribution is -0.129. The standard InChI is InChI=1S/C34H28ClNO5/c1-23-6-4-5-7-27(23)22-40-30-15-8-24(19-32(30)38-2)10-17-34(37)41-31-16-9-25(20-33(31)39-3)18-28(21-36)26-11-13-29(35)14-12-26/h4-20H,22H2,1-3H3/b17-10+,28-18+. The Bertz CT molecular complexity index is 1630. The summed E-state index contributed by atoms with van der Waals surface area (Å²) in [5.41, 5.74) is 4.88. The quantitative estimate of drug-likeness (QED) is 0.0638. The molecule has 0 radical (unpaired) electrons. The number of allylic oxidation sites excluding steroid dienone is 1. The molecule has 0 heterocycles. The fraction of sp³-hybridized carbons (Fsp3) is 0.118. The molecule has 0 saturated heterocycles. The van der Waals surface area contributed by atoms with E-state index >= 15 is 0 Å². The minimum absolute atomic E-state index is 0.252. The van der Waals surface area contributed by atoms with E-state index in [2.05, 4.69) is 6.07 Å². The van der Waals surface area contributed by atoms with Gasteiger partial charge in [-0.1, -0.05) is 60.1 Å². The first kappa shape index (κ1) is 29.0. The number of rotatable bonds is 10. The molecule has 0 fully saturated rings. The maximum absolute atomic E-state index is 12.6. The molecular formula is C34H28ClNO5. The molecule has 0 aliphatic rings. The van der Waals surface area contributed by atoms with Crippen molar-refractivity contribution in [1.82, 2.24) is 0 Å². The number of nitrogens with zero attached hydrogens (tertiary/aromatic N) is 1. The molecule has 0 N–H and O–H groups in total. The van der Waals surface area contributed by atoms with E-state index in [1.165, 1.54) is 13.2 Å². The van der Waals surface area contributed by atoms with Gasteiger partial charge in [-0.2, -0.15) is 5.26 Å². The summed E-state index contributed by atoms with van der Waals surface area (Å²) < 4.78 is 22.4. The molecule has 0 amide bonds. The van der Waals surface area contributed by atoms with Gasteiger partial charge in [0.25, 0.3) is 0 Å². The number of benzene rings is 4. The lowest BCUT2D eigenvalue weighted by Crippen LogP contribution is -2.05. The van der Waals surface area contributed by atoms with Gasteiger partial charge in [-0.15, -0.1) is 0 Å². The van der Waals surface area contributed by atoms with Crippen molar-refractivity contribution in [3.8, 4) is 29.1 Å². The maximum atomic E-state index is 12.6. The van der Waals surface area contributed by atoms with Crippen LogP contribution in [0.25, 0.3) is 17.7 Å². The van der Waals surface area contributed by atoms with Gasteiger partial charge >= 0.3 is 5.97 Å². The van der Waals surface area contributed by atoms with Crippen LogP contribution in [-0.2, 0) is 11.4 Å². The Morgan fingerprint density at radius 1 is 0.854 bits per heavy atom. The Kier molecular flexibility index (Phi) is 9.82. The van der Waals surface area contributed by atoms with E-state index in [1.54, 1.807) is 73.9 Å². The van der Waals surface area contributed by atoms with Gasteiger partial charge < -0.3 is 18.9 Å². The van der Waals surface area contributed by atoms with Crippen LogP contribution in [0.15, 0.2) is 91.0 Å². The average Bonchev–Trinajstić information content (AvgIpc) is 2.99. The summed E-state index contributed by atoms with van der Waals surface area (Å²) in [4.78, 5) is 12.6. The summed E-state index contributed by atoms with van der Waals surface area (Å²) in [6, 6.07) is 27.7. The summed E-state index contributed by atoms with van der Waals surface area (Å²) >= 11 is 5.95.